The fraction of sp³-hybridized carbons (Fsp3) is 0.174. The zero-order chi connectivity index (χ0) is 20.8. The summed E-state index contributed by atoms with van der Waals surface area (Å²) in [7, 11) is 3.73. The molecule has 0 aliphatic heterocycles. The van der Waals surface area contributed by atoms with Gasteiger partial charge in [0, 0.05) is 19.7 Å². The van der Waals surface area contributed by atoms with Gasteiger partial charge in [-0.25, -0.2) is 9.97 Å². The van der Waals surface area contributed by atoms with Crippen molar-refractivity contribution in [2.75, 3.05) is 14.1 Å². The van der Waals surface area contributed by atoms with Crippen LogP contribution in [0.4, 0.5) is 0 Å². The molecule has 7 heteroatoms. The smallest absolute Gasteiger partial charge is 0.226 e. The van der Waals surface area contributed by atoms with Crippen molar-refractivity contribution >= 4 is 5.96 Å². The van der Waals surface area contributed by atoms with Crippen LogP contribution in [-0.2, 0) is 13.1 Å². The van der Waals surface area contributed by atoms with Crippen LogP contribution in [0.3, 0.4) is 0 Å². The van der Waals surface area contributed by atoms with Gasteiger partial charge >= 0.3 is 0 Å². The third-order valence-corrected chi connectivity index (χ3v) is 4.67. The molecule has 0 fully saturated rings. The SMILES string of the molecule is CN=C(NCc1coc(-c2ccccc2)n1)N(C)Cc1ncc(-c2ccccc2)[nH]1. The van der Waals surface area contributed by atoms with Crippen LogP contribution in [0.25, 0.3) is 22.7 Å². The van der Waals surface area contributed by atoms with Gasteiger partial charge in [0.15, 0.2) is 5.96 Å². The predicted octanol–water partition coefficient (Wildman–Crippen LogP) is 3.94. The van der Waals surface area contributed by atoms with Crippen LogP contribution in [0.2, 0.25) is 0 Å². The molecule has 0 aliphatic rings. The second-order valence-electron chi connectivity index (χ2n) is 6.88. The molecule has 30 heavy (non-hydrogen) atoms. The van der Waals surface area contributed by atoms with E-state index in [1.165, 1.54) is 0 Å². The van der Waals surface area contributed by atoms with Gasteiger partial charge in [-0.2, -0.15) is 0 Å². The Hall–Kier alpha value is -3.87. The van der Waals surface area contributed by atoms with Crippen molar-refractivity contribution in [2.45, 2.75) is 13.1 Å². The van der Waals surface area contributed by atoms with Crippen molar-refractivity contribution in [1.82, 2.24) is 25.2 Å². The fourth-order valence-electron chi connectivity index (χ4n) is 3.16. The quantitative estimate of drug-likeness (QED) is 0.378. The highest BCUT2D eigenvalue weighted by Crippen LogP contribution is 2.18. The van der Waals surface area contributed by atoms with Gasteiger partial charge in [-0.1, -0.05) is 48.5 Å². The second kappa shape index (κ2) is 9.09. The van der Waals surface area contributed by atoms with Crippen LogP contribution in [0.5, 0.6) is 0 Å². The maximum Gasteiger partial charge on any atom is 0.226 e. The molecular weight excluding hydrogens is 376 g/mol. The van der Waals surface area contributed by atoms with E-state index >= 15 is 0 Å². The Labute approximate surface area is 175 Å². The number of benzene rings is 2. The van der Waals surface area contributed by atoms with Crippen LogP contribution in [0.15, 0.2) is 82.5 Å². The van der Waals surface area contributed by atoms with E-state index in [1.54, 1.807) is 13.3 Å². The Kier molecular flexibility index (Phi) is 5.89. The zero-order valence-corrected chi connectivity index (χ0v) is 17.0. The Bertz CT molecular complexity index is 1100. The van der Waals surface area contributed by atoms with Gasteiger partial charge in [-0.15, -0.1) is 0 Å². The van der Waals surface area contributed by atoms with Crippen LogP contribution < -0.4 is 5.32 Å². The second-order valence-corrected chi connectivity index (χ2v) is 6.88. The molecule has 0 unspecified atom stereocenters. The number of imidazole rings is 1. The molecule has 7 nitrogen and oxygen atoms in total. The summed E-state index contributed by atoms with van der Waals surface area (Å²) in [6.07, 6.45) is 3.52. The van der Waals surface area contributed by atoms with Gasteiger partial charge in [0.2, 0.25) is 5.89 Å². The van der Waals surface area contributed by atoms with Crippen molar-refractivity contribution in [1.29, 1.82) is 0 Å². The minimum Gasteiger partial charge on any atom is -0.444 e. The molecule has 2 aromatic heterocycles. The van der Waals surface area contributed by atoms with Gasteiger partial charge in [-0.05, 0) is 17.7 Å². The zero-order valence-electron chi connectivity index (χ0n) is 17.0. The van der Waals surface area contributed by atoms with E-state index in [-0.39, 0.29) is 0 Å². The molecular formula is C23H24N6O. The van der Waals surface area contributed by atoms with E-state index in [9.17, 15) is 0 Å². The third kappa shape index (κ3) is 4.57. The first-order valence-electron chi connectivity index (χ1n) is 9.74. The molecule has 152 valence electrons. The van der Waals surface area contributed by atoms with Crippen LogP contribution in [-0.4, -0.2) is 39.9 Å². The Balaban J connectivity index is 1.35. The molecule has 2 heterocycles. The highest BCUT2D eigenvalue weighted by Gasteiger charge is 2.11. The summed E-state index contributed by atoms with van der Waals surface area (Å²) >= 11 is 0. The molecule has 0 spiro atoms. The molecule has 2 N–H and O–H groups in total. The van der Waals surface area contributed by atoms with Crippen LogP contribution in [0.1, 0.15) is 11.5 Å². The molecule has 2 aromatic carbocycles. The normalized spacial score (nSPS) is 11.5. The minimum atomic E-state index is 0.515. The number of hydrogen-bond acceptors (Lipinski definition) is 4. The van der Waals surface area contributed by atoms with Crippen molar-refractivity contribution in [2.24, 2.45) is 4.99 Å². The van der Waals surface area contributed by atoms with E-state index < -0.39 is 0 Å². The minimum absolute atomic E-state index is 0.515. The van der Waals surface area contributed by atoms with E-state index in [0.717, 1.165) is 34.3 Å². The van der Waals surface area contributed by atoms with Gasteiger partial charge in [0.1, 0.15) is 12.1 Å². The number of hydrogen-bond donors (Lipinski definition) is 2. The number of oxazole rings is 1. The topological polar surface area (TPSA) is 82.3 Å². The average Bonchev–Trinajstić information content (AvgIpc) is 3.45. The van der Waals surface area contributed by atoms with Crippen LogP contribution >= 0.6 is 0 Å². The molecule has 0 radical (unpaired) electrons. The van der Waals surface area contributed by atoms with E-state index in [4.69, 9.17) is 4.42 Å². The number of H-pyrrole nitrogens is 1. The summed E-state index contributed by atoms with van der Waals surface area (Å²) in [5.41, 5.74) is 3.88. The van der Waals surface area contributed by atoms with Crippen molar-refractivity contribution in [3.63, 3.8) is 0 Å². The molecule has 0 atom stereocenters. The number of aromatic nitrogens is 3. The molecule has 0 aliphatic carbocycles. The Morgan fingerprint density at radius 2 is 1.77 bits per heavy atom. The van der Waals surface area contributed by atoms with E-state index in [1.807, 2.05) is 66.7 Å². The van der Waals surface area contributed by atoms with Crippen molar-refractivity contribution in [3.05, 3.63) is 84.6 Å². The first-order valence-corrected chi connectivity index (χ1v) is 9.74. The number of aliphatic imine (C=N–C) groups is 1. The molecule has 0 amide bonds. The highest BCUT2D eigenvalue weighted by atomic mass is 16.3. The lowest BCUT2D eigenvalue weighted by atomic mass is 10.2. The highest BCUT2D eigenvalue weighted by molar-refractivity contribution is 5.79. The number of nitrogens with one attached hydrogen (secondary N) is 2. The summed E-state index contributed by atoms with van der Waals surface area (Å²) in [6, 6.07) is 20.0. The molecule has 4 rings (SSSR count). The van der Waals surface area contributed by atoms with Crippen molar-refractivity contribution in [3.8, 4) is 22.7 Å². The van der Waals surface area contributed by atoms with Gasteiger partial charge in [0.05, 0.1) is 30.7 Å². The lowest BCUT2D eigenvalue weighted by Gasteiger charge is -2.20. The fourth-order valence-corrected chi connectivity index (χ4v) is 3.16. The maximum atomic E-state index is 5.60. The van der Waals surface area contributed by atoms with Crippen molar-refractivity contribution < 1.29 is 4.42 Å². The largest absolute Gasteiger partial charge is 0.444 e. The summed E-state index contributed by atoms with van der Waals surface area (Å²) < 4.78 is 5.60. The average molecular weight is 400 g/mol. The Morgan fingerprint density at radius 3 is 2.47 bits per heavy atom. The Morgan fingerprint density at radius 1 is 1.07 bits per heavy atom. The lowest BCUT2D eigenvalue weighted by Crippen LogP contribution is -2.38. The first-order chi connectivity index (χ1) is 14.7. The molecule has 0 saturated carbocycles. The number of rotatable bonds is 6. The first kappa shape index (κ1) is 19.4. The van der Waals surface area contributed by atoms with Gasteiger partial charge < -0.3 is 19.6 Å². The predicted molar refractivity (Wildman–Crippen MR) is 118 cm³/mol. The monoisotopic (exact) mass is 400 g/mol. The van der Waals surface area contributed by atoms with Crippen LogP contribution in [0, 0.1) is 0 Å². The summed E-state index contributed by atoms with van der Waals surface area (Å²) in [5, 5.41) is 3.32. The maximum absolute atomic E-state index is 5.60. The molecule has 4 aromatic rings. The molecule has 0 saturated heterocycles. The summed E-state index contributed by atoms with van der Waals surface area (Å²) in [6.45, 7) is 1.11. The molecule has 0 bridgehead atoms. The van der Waals surface area contributed by atoms with E-state index in [0.29, 0.717) is 19.0 Å². The third-order valence-electron chi connectivity index (χ3n) is 4.67. The van der Waals surface area contributed by atoms with Gasteiger partial charge in [0.25, 0.3) is 0 Å². The number of nitrogens with zero attached hydrogens (tertiary/aromatic N) is 4. The number of aromatic amines is 1. The summed E-state index contributed by atoms with van der Waals surface area (Å²) in [5.74, 6) is 2.23. The summed E-state index contributed by atoms with van der Waals surface area (Å²) in [4.78, 5) is 18.8. The van der Waals surface area contributed by atoms with E-state index in [2.05, 4.69) is 37.4 Å². The standard InChI is InChI=1S/C23H24N6O/c1-24-23(26-13-19-16-30-22(27-19)18-11-7-4-8-12-18)29(2)15-21-25-14-20(28-21)17-9-5-3-6-10-17/h3-12,14,16H,13,15H2,1-2H3,(H,24,26)(H,25,28). The number of guanidine groups is 1. The van der Waals surface area contributed by atoms with Gasteiger partial charge in [-0.3, -0.25) is 4.99 Å². The lowest BCUT2D eigenvalue weighted by molar-refractivity contribution is 0.463.